The number of nitriles is 1. The van der Waals surface area contributed by atoms with Gasteiger partial charge in [0.25, 0.3) is 0 Å². The summed E-state index contributed by atoms with van der Waals surface area (Å²) in [6.45, 7) is 0. The van der Waals surface area contributed by atoms with Gasteiger partial charge < -0.3 is 5.73 Å². The standard InChI is InChI=1S/C17H18N4/c18-11-14-16(12-7-9-20-10-8-12)13-5-3-1-2-4-6-15(13)21-17(14)19/h7-10H,1-6H2,(H2,19,21)/p+1. The predicted molar refractivity (Wildman–Crippen MR) is 81.2 cm³/mol. The Balaban J connectivity index is 2.26. The summed E-state index contributed by atoms with van der Waals surface area (Å²) in [5, 5.41) is 9.51. The third kappa shape index (κ3) is 2.59. The molecule has 0 fully saturated rings. The van der Waals surface area contributed by atoms with Crippen LogP contribution in [0.5, 0.6) is 0 Å². The van der Waals surface area contributed by atoms with Gasteiger partial charge in [0.05, 0.1) is 0 Å². The minimum absolute atomic E-state index is 0.361. The van der Waals surface area contributed by atoms with Gasteiger partial charge in [-0.05, 0) is 36.8 Å². The molecular formula is C17H19N4+. The molecule has 21 heavy (non-hydrogen) atoms. The number of nitrogens with zero attached hydrogens (tertiary/aromatic N) is 2. The fraction of sp³-hybridized carbons (Fsp3) is 0.353. The number of anilines is 1. The highest BCUT2D eigenvalue weighted by Gasteiger charge is 2.20. The van der Waals surface area contributed by atoms with Crippen LogP contribution in [0.15, 0.2) is 24.5 Å². The molecule has 0 saturated carbocycles. The first-order valence-corrected chi connectivity index (χ1v) is 7.49. The monoisotopic (exact) mass is 279 g/mol. The lowest BCUT2D eigenvalue weighted by Gasteiger charge is -2.19. The van der Waals surface area contributed by atoms with E-state index in [9.17, 15) is 5.26 Å². The molecule has 0 saturated heterocycles. The lowest BCUT2D eigenvalue weighted by atomic mass is 9.88. The zero-order chi connectivity index (χ0) is 14.7. The summed E-state index contributed by atoms with van der Waals surface area (Å²) < 4.78 is 0. The summed E-state index contributed by atoms with van der Waals surface area (Å²) in [7, 11) is 0. The van der Waals surface area contributed by atoms with Crippen molar-refractivity contribution in [3.05, 3.63) is 41.3 Å². The Morgan fingerprint density at radius 2 is 1.81 bits per heavy atom. The number of nitrogens with one attached hydrogen (secondary N) is 1. The van der Waals surface area contributed by atoms with Gasteiger partial charge in [-0.2, -0.15) is 5.26 Å². The molecule has 0 spiro atoms. The maximum Gasteiger partial charge on any atom is 0.167 e. The Morgan fingerprint density at radius 1 is 1.10 bits per heavy atom. The predicted octanol–water partition coefficient (Wildman–Crippen LogP) is 2.68. The van der Waals surface area contributed by atoms with Crippen LogP contribution in [0.1, 0.15) is 42.5 Å². The van der Waals surface area contributed by atoms with Crippen molar-refractivity contribution in [2.75, 3.05) is 5.73 Å². The van der Waals surface area contributed by atoms with Gasteiger partial charge in [-0.15, -0.1) is 0 Å². The average Bonchev–Trinajstić information content (AvgIpc) is 2.49. The van der Waals surface area contributed by atoms with Crippen LogP contribution < -0.4 is 10.7 Å². The molecule has 0 amide bonds. The van der Waals surface area contributed by atoms with Crippen molar-refractivity contribution in [2.24, 2.45) is 0 Å². The first-order valence-electron chi connectivity index (χ1n) is 7.49. The number of aryl methyl sites for hydroxylation is 1. The molecule has 2 aromatic heterocycles. The largest absolute Gasteiger partial charge is 0.383 e. The average molecular weight is 279 g/mol. The van der Waals surface area contributed by atoms with E-state index in [2.05, 4.69) is 16.0 Å². The van der Waals surface area contributed by atoms with E-state index in [0.717, 1.165) is 42.5 Å². The number of fused-ring (bicyclic) bond motifs is 1. The van der Waals surface area contributed by atoms with Crippen LogP contribution in [0.4, 0.5) is 5.82 Å². The number of H-pyrrole nitrogens is 1. The van der Waals surface area contributed by atoms with Gasteiger partial charge in [-0.25, -0.2) is 9.97 Å². The highest BCUT2D eigenvalue weighted by Crippen LogP contribution is 2.34. The molecule has 2 heterocycles. The van der Waals surface area contributed by atoms with Crippen LogP contribution in [-0.2, 0) is 12.8 Å². The second kappa shape index (κ2) is 5.92. The number of rotatable bonds is 1. The number of hydrogen-bond donors (Lipinski definition) is 1. The quantitative estimate of drug-likeness (QED) is 0.871. The number of nitrogen functional groups attached to an aromatic ring is 1. The molecule has 0 radical (unpaired) electrons. The highest BCUT2D eigenvalue weighted by atomic mass is 14.9. The topological polar surface area (TPSA) is 76.8 Å². The van der Waals surface area contributed by atoms with E-state index in [1.807, 2.05) is 24.5 Å². The van der Waals surface area contributed by atoms with Crippen molar-refractivity contribution in [2.45, 2.75) is 38.5 Å². The van der Waals surface area contributed by atoms with Crippen molar-refractivity contribution in [3.8, 4) is 17.2 Å². The number of aromatic nitrogens is 2. The summed E-state index contributed by atoms with van der Waals surface area (Å²) >= 11 is 0. The summed E-state index contributed by atoms with van der Waals surface area (Å²) in [6, 6.07) is 6.24. The molecule has 1 aliphatic carbocycles. The van der Waals surface area contributed by atoms with Crippen molar-refractivity contribution >= 4 is 5.82 Å². The van der Waals surface area contributed by atoms with E-state index in [1.165, 1.54) is 18.4 Å². The Morgan fingerprint density at radius 3 is 2.52 bits per heavy atom. The van der Waals surface area contributed by atoms with E-state index in [0.29, 0.717) is 11.4 Å². The Kier molecular flexibility index (Phi) is 3.83. The first-order chi connectivity index (χ1) is 10.3. The molecular weight excluding hydrogens is 260 g/mol. The Labute approximate surface area is 124 Å². The SMILES string of the molecule is N#Cc1c(N)nc2c(c1-c1cc[nH+]cc1)CCCCCC2. The van der Waals surface area contributed by atoms with Gasteiger partial charge in [0.1, 0.15) is 17.5 Å². The molecule has 0 bridgehead atoms. The third-order valence-electron chi connectivity index (χ3n) is 4.12. The second-order valence-electron chi connectivity index (χ2n) is 5.49. The summed E-state index contributed by atoms with van der Waals surface area (Å²) in [4.78, 5) is 7.55. The summed E-state index contributed by atoms with van der Waals surface area (Å²) in [5.41, 5.74) is 10.9. The third-order valence-corrected chi connectivity index (χ3v) is 4.12. The smallest absolute Gasteiger partial charge is 0.167 e. The van der Waals surface area contributed by atoms with E-state index >= 15 is 0 Å². The van der Waals surface area contributed by atoms with Crippen LogP contribution in [0.3, 0.4) is 0 Å². The van der Waals surface area contributed by atoms with Gasteiger partial charge >= 0.3 is 0 Å². The number of hydrogen-bond acceptors (Lipinski definition) is 3. The molecule has 1 aliphatic rings. The summed E-state index contributed by atoms with van der Waals surface area (Å²) in [6.07, 6.45) is 10.5. The highest BCUT2D eigenvalue weighted by molar-refractivity contribution is 5.78. The van der Waals surface area contributed by atoms with Crippen LogP contribution in [0, 0.1) is 11.3 Å². The van der Waals surface area contributed by atoms with Crippen molar-refractivity contribution < 1.29 is 4.98 Å². The van der Waals surface area contributed by atoms with Gasteiger partial charge in [-0.1, -0.05) is 12.8 Å². The molecule has 4 heteroatoms. The zero-order valence-corrected chi connectivity index (χ0v) is 12.0. The molecule has 4 nitrogen and oxygen atoms in total. The Bertz CT molecular complexity index is 686. The minimum Gasteiger partial charge on any atom is -0.383 e. The van der Waals surface area contributed by atoms with Crippen LogP contribution in [-0.4, -0.2) is 4.98 Å². The molecule has 0 unspecified atom stereocenters. The second-order valence-corrected chi connectivity index (χ2v) is 5.49. The van der Waals surface area contributed by atoms with E-state index < -0.39 is 0 Å². The van der Waals surface area contributed by atoms with Gasteiger partial charge in [0.15, 0.2) is 12.4 Å². The zero-order valence-electron chi connectivity index (χ0n) is 12.0. The maximum atomic E-state index is 9.51. The van der Waals surface area contributed by atoms with Crippen molar-refractivity contribution in [3.63, 3.8) is 0 Å². The summed E-state index contributed by atoms with van der Waals surface area (Å²) in [5.74, 6) is 0.361. The molecule has 106 valence electrons. The fourth-order valence-electron chi connectivity index (χ4n) is 3.10. The number of pyridine rings is 2. The number of nitrogens with two attached hydrogens (primary N) is 1. The van der Waals surface area contributed by atoms with Crippen LogP contribution >= 0.6 is 0 Å². The van der Waals surface area contributed by atoms with Gasteiger partial charge in [0.2, 0.25) is 0 Å². The van der Waals surface area contributed by atoms with E-state index in [1.54, 1.807) is 0 Å². The van der Waals surface area contributed by atoms with E-state index in [4.69, 9.17) is 5.73 Å². The normalized spacial score (nSPS) is 14.6. The van der Waals surface area contributed by atoms with Crippen molar-refractivity contribution in [1.29, 1.82) is 5.26 Å². The lowest BCUT2D eigenvalue weighted by Crippen LogP contribution is -2.10. The van der Waals surface area contributed by atoms with Crippen molar-refractivity contribution in [1.82, 2.24) is 4.98 Å². The molecule has 3 N–H and O–H groups in total. The maximum absolute atomic E-state index is 9.51. The molecule has 0 aliphatic heterocycles. The first kappa shape index (κ1) is 13.6. The minimum atomic E-state index is 0.361. The molecule has 3 rings (SSSR count). The number of aromatic amines is 1. The molecule has 2 aromatic rings. The lowest BCUT2D eigenvalue weighted by molar-refractivity contribution is -0.377. The van der Waals surface area contributed by atoms with Gasteiger partial charge in [0, 0.05) is 23.4 Å². The van der Waals surface area contributed by atoms with Crippen LogP contribution in [0.2, 0.25) is 0 Å². The van der Waals surface area contributed by atoms with Crippen LogP contribution in [0.25, 0.3) is 11.1 Å². The van der Waals surface area contributed by atoms with E-state index in [-0.39, 0.29) is 0 Å². The molecule has 0 aromatic carbocycles. The Hall–Kier alpha value is -2.41. The fourth-order valence-corrected chi connectivity index (χ4v) is 3.10. The van der Waals surface area contributed by atoms with Gasteiger partial charge in [-0.3, -0.25) is 0 Å². The molecule has 0 atom stereocenters.